The molecule has 2 rings (SSSR count). The van der Waals surface area contributed by atoms with E-state index in [1.165, 1.54) is 24.4 Å². The number of hydrogen-bond acceptors (Lipinski definition) is 5. The molecule has 0 aromatic carbocycles. The van der Waals surface area contributed by atoms with Gasteiger partial charge in [-0.2, -0.15) is 0 Å². The van der Waals surface area contributed by atoms with Gasteiger partial charge in [0.2, 0.25) is 0 Å². The predicted octanol–water partition coefficient (Wildman–Crippen LogP) is 1.68. The van der Waals surface area contributed by atoms with Crippen molar-refractivity contribution in [2.45, 2.75) is 26.8 Å². The van der Waals surface area contributed by atoms with E-state index in [1.54, 1.807) is 11.3 Å². The van der Waals surface area contributed by atoms with Crippen molar-refractivity contribution in [1.82, 2.24) is 25.4 Å². The summed E-state index contributed by atoms with van der Waals surface area (Å²) >= 11 is 1.75. The van der Waals surface area contributed by atoms with Crippen LogP contribution in [0.5, 0.6) is 0 Å². The fourth-order valence-corrected chi connectivity index (χ4v) is 3.52. The Hall–Kier alpha value is -0.450. The van der Waals surface area contributed by atoms with Gasteiger partial charge in [0.15, 0.2) is 5.96 Å². The average molecular weight is 466 g/mol. The number of halogens is 1. The van der Waals surface area contributed by atoms with E-state index in [2.05, 4.69) is 51.3 Å². The molecular weight excluding hydrogens is 435 g/mol. The average Bonchev–Trinajstić information content (AvgIpc) is 2.72. The minimum Gasteiger partial charge on any atom is -0.355 e. The standard InChI is InChI=1S/C16H30N6S.HI/c1-13-14(2)23-15(20-13)12-19-16(17-3)18-6-9-22-8-5-7-21(4)10-11-22;/h5-12H2,1-4H3,(H2,17,18,19);1H. The van der Waals surface area contributed by atoms with Crippen molar-refractivity contribution in [1.29, 1.82) is 0 Å². The third kappa shape index (κ3) is 7.20. The van der Waals surface area contributed by atoms with Crippen molar-refractivity contribution in [2.24, 2.45) is 4.99 Å². The first-order valence-corrected chi connectivity index (χ1v) is 9.18. The smallest absolute Gasteiger partial charge is 0.191 e. The van der Waals surface area contributed by atoms with Crippen LogP contribution in [0.1, 0.15) is 22.0 Å². The van der Waals surface area contributed by atoms with Gasteiger partial charge in [-0.1, -0.05) is 0 Å². The Morgan fingerprint density at radius 3 is 2.67 bits per heavy atom. The van der Waals surface area contributed by atoms with Gasteiger partial charge in [-0.25, -0.2) is 4.98 Å². The van der Waals surface area contributed by atoms with Crippen LogP contribution < -0.4 is 10.6 Å². The first-order valence-electron chi connectivity index (χ1n) is 8.37. The molecule has 2 N–H and O–H groups in total. The second-order valence-corrected chi connectivity index (χ2v) is 7.39. The molecule has 1 aliphatic heterocycles. The number of aryl methyl sites for hydroxylation is 2. The van der Waals surface area contributed by atoms with Crippen LogP contribution in [0.4, 0.5) is 0 Å². The Morgan fingerprint density at radius 1 is 1.21 bits per heavy atom. The van der Waals surface area contributed by atoms with Gasteiger partial charge in [-0.3, -0.25) is 4.99 Å². The Morgan fingerprint density at radius 2 is 2.00 bits per heavy atom. The first kappa shape index (κ1) is 21.6. The molecule has 1 aliphatic rings. The zero-order valence-corrected chi connectivity index (χ0v) is 18.4. The molecule has 2 heterocycles. The van der Waals surface area contributed by atoms with E-state index in [-0.39, 0.29) is 24.0 Å². The molecule has 0 saturated carbocycles. The molecule has 0 bridgehead atoms. The van der Waals surface area contributed by atoms with Crippen LogP contribution in [0, 0.1) is 13.8 Å². The molecule has 0 spiro atoms. The van der Waals surface area contributed by atoms with Gasteiger partial charge in [-0.15, -0.1) is 35.3 Å². The maximum absolute atomic E-state index is 4.55. The largest absolute Gasteiger partial charge is 0.355 e. The second-order valence-electron chi connectivity index (χ2n) is 6.10. The number of likely N-dealkylation sites (N-methyl/N-ethyl adjacent to an activating group) is 1. The molecule has 24 heavy (non-hydrogen) atoms. The lowest BCUT2D eigenvalue weighted by Crippen LogP contribution is -2.42. The third-order valence-corrected chi connectivity index (χ3v) is 5.31. The van der Waals surface area contributed by atoms with Crippen LogP contribution in [0.3, 0.4) is 0 Å². The number of hydrogen-bond donors (Lipinski definition) is 2. The van der Waals surface area contributed by atoms with E-state index in [0.29, 0.717) is 0 Å². The summed E-state index contributed by atoms with van der Waals surface area (Å²) in [5.41, 5.74) is 1.13. The number of nitrogens with zero attached hydrogens (tertiary/aromatic N) is 4. The summed E-state index contributed by atoms with van der Waals surface area (Å²) in [5.74, 6) is 0.849. The maximum Gasteiger partial charge on any atom is 0.191 e. The zero-order chi connectivity index (χ0) is 16.7. The summed E-state index contributed by atoms with van der Waals surface area (Å²) < 4.78 is 0. The second kappa shape index (κ2) is 11.2. The minimum absolute atomic E-state index is 0. The minimum atomic E-state index is 0. The lowest BCUT2D eigenvalue weighted by atomic mass is 10.4. The summed E-state index contributed by atoms with van der Waals surface area (Å²) in [5, 5.41) is 7.85. The van der Waals surface area contributed by atoms with E-state index in [4.69, 9.17) is 0 Å². The third-order valence-electron chi connectivity index (χ3n) is 4.24. The Bertz CT molecular complexity index is 499. The van der Waals surface area contributed by atoms with Crippen LogP contribution in [0.2, 0.25) is 0 Å². The number of guanidine groups is 1. The van der Waals surface area contributed by atoms with Gasteiger partial charge in [0.1, 0.15) is 5.01 Å². The van der Waals surface area contributed by atoms with Crippen molar-refractivity contribution >= 4 is 41.3 Å². The molecular formula is C16H31IN6S. The Kier molecular flexibility index (Phi) is 10.1. The fraction of sp³-hybridized carbons (Fsp3) is 0.750. The number of aliphatic imine (C=N–C) groups is 1. The number of aromatic nitrogens is 1. The van der Waals surface area contributed by atoms with Crippen molar-refractivity contribution in [2.75, 3.05) is 53.4 Å². The maximum atomic E-state index is 4.55. The van der Waals surface area contributed by atoms with Gasteiger partial charge in [0, 0.05) is 38.1 Å². The van der Waals surface area contributed by atoms with Crippen molar-refractivity contribution in [3.8, 4) is 0 Å². The quantitative estimate of drug-likeness (QED) is 0.393. The summed E-state index contributed by atoms with van der Waals surface area (Å²) in [6.45, 7) is 11.6. The monoisotopic (exact) mass is 466 g/mol. The Labute approximate surface area is 167 Å². The van der Waals surface area contributed by atoms with Crippen LogP contribution in [-0.4, -0.2) is 74.1 Å². The molecule has 1 fully saturated rings. The van der Waals surface area contributed by atoms with Gasteiger partial charge in [-0.05, 0) is 40.4 Å². The molecule has 0 atom stereocenters. The highest BCUT2D eigenvalue weighted by molar-refractivity contribution is 14.0. The molecule has 8 heteroatoms. The van der Waals surface area contributed by atoms with Crippen molar-refractivity contribution in [3.63, 3.8) is 0 Å². The van der Waals surface area contributed by atoms with E-state index in [9.17, 15) is 0 Å². The van der Waals surface area contributed by atoms with Crippen LogP contribution in [0.15, 0.2) is 4.99 Å². The van der Waals surface area contributed by atoms with E-state index in [0.717, 1.165) is 49.4 Å². The number of thiazole rings is 1. The molecule has 138 valence electrons. The number of nitrogens with one attached hydrogen (secondary N) is 2. The van der Waals surface area contributed by atoms with E-state index >= 15 is 0 Å². The highest BCUT2D eigenvalue weighted by atomic mass is 127. The molecule has 0 unspecified atom stereocenters. The molecule has 1 saturated heterocycles. The highest BCUT2D eigenvalue weighted by Gasteiger charge is 2.11. The summed E-state index contributed by atoms with van der Waals surface area (Å²) in [4.78, 5) is 15.1. The lowest BCUT2D eigenvalue weighted by molar-refractivity contribution is 0.280. The Balaban J connectivity index is 0.00000288. The van der Waals surface area contributed by atoms with Crippen LogP contribution >= 0.6 is 35.3 Å². The fourth-order valence-electron chi connectivity index (χ4n) is 2.65. The van der Waals surface area contributed by atoms with Crippen LogP contribution in [-0.2, 0) is 6.54 Å². The summed E-state index contributed by atoms with van der Waals surface area (Å²) in [7, 11) is 4.02. The van der Waals surface area contributed by atoms with Gasteiger partial charge in [0.25, 0.3) is 0 Å². The van der Waals surface area contributed by atoms with Crippen molar-refractivity contribution in [3.05, 3.63) is 15.6 Å². The van der Waals surface area contributed by atoms with E-state index < -0.39 is 0 Å². The molecule has 1 aromatic rings. The molecule has 6 nitrogen and oxygen atoms in total. The SMILES string of the molecule is CN=C(NCCN1CCCN(C)CC1)NCc1nc(C)c(C)s1.I. The summed E-state index contributed by atoms with van der Waals surface area (Å²) in [6, 6.07) is 0. The van der Waals surface area contributed by atoms with Crippen LogP contribution in [0.25, 0.3) is 0 Å². The van der Waals surface area contributed by atoms with Gasteiger partial charge >= 0.3 is 0 Å². The molecule has 0 aliphatic carbocycles. The van der Waals surface area contributed by atoms with Crippen molar-refractivity contribution < 1.29 is 0 Å². The molecule has 0 radical (unpaired) electrons. The highest BCUT2D eigenvalue weighted by Crippen LogP contribution is 2.15. The first-order chi connectivity index (χ1) is 11.1. The molecule has 1 aromatic heterocycles. The topological polar surface area (TPSA) is 55.8 Å². The predicted molar refractivity (Wildman–Crippen MR) is 114 cm³/mol. The zero-order valence-electron chi connectivity index (χ0n) is 15.3. The lowest BCUT2D eigenvalue weighted by Gasteiger charge is -2.20. The normalized spacial score (nSPS) is 17.2. The van der Waals surface area contributed by atoms with Gasteiger partial charge < -0.3 is 20.4 Å². The summed E-state index contributed by atoms with van der Waals surface area (Å²) in [6.07, 6.45) is 1.26. The van der Waals surface area contributed by atoms with Gasteiger partial charge in [0.05, 0.1) is 12.2 Å². The number of rotatable bonds is 5. The van der Waals surface area contributed by atoms with E-state index in [1.807, 2.05) is 7.05 Å². The molecule has 0 amide bonds.